The molecular formula is C7H6Cl2N2O. The molecule has 3 nitrogen and oxygen atoms in total. The highest BCUT2D eigenvalue weighted by atomic mass is 35.5. The van der Waals surface area contributed by atoms with Gasteiger partial charge in [0.05, 0.1) is 10.7 Å². The minimum absolute atomic E-state index is 0.0627. The number of aromatic nitrogens is 1. The zero-order valence-electron chi connectivity index (χ0n) is 6.27. The highest BCUT2D eigenvalue weighted by Crippen LogP contribution is 2.25. The van der Waals surface area contributed by atoms with Crippen LogP contribution in [0.3, 0.4) is 0 Å². The molecule has 64 valence electrons. The van der Waals surface area contributed by atoms with E-state index in [0.29, 0.717) is 0 Å². The van der Waals surface area contributed by atoms with E-state index < -0.39 is 0 Å². The summed E-state index contributed by atoms with van der Waals surface area (Å²) in [7, 11) is 0. The summed E-state index contributed by atoms with van der Waals surface area (Å²) in [5.74, 6) is -0.196. The van der Waals surface area contributed by atoms with Crippen molar-refractivity contribution >= 4 is 34.7 Å². The summed E-state index contributed by atoms with van der Waals surface area (Å²) < 4.78 is 0. The van der Waals surface area contributed by atoms with Crippen LogP contribution in [-0.4, -0.2) is 10.8 Å². The number of hydrogen-bond donors (Lipinski definition) is 1. The van der Waals surface area contributed by atoms with Gasteiger partial charge in [-0.1, -0.05) is 23.2 Å². The Hall–Kier alpha value is -0.800. The summed E-state index contributed by atoms with van der Waals surface area (Å²) in [6.45, 7) is 1.38. The normalized spacial score (nSPS) is 9.92. The molecule has 0 saturated heterocycles. The minimum atomic E-state index is -0.196. The number of halogens is 2. The maximum absolute atomic E-state index is 10.8. The highest BCUT2D eigenvalue weighted by molar-refractivity contribution is 6.38. The van der Waals surface area contributed by atoms with E-state index in [2.05, 4.69) is 4.98 Å². The van der Waals surface area contributed by atoms with E-state index in [1.807, 2.05) is 0 Å². The quantitative estimate of drug-likeness (QED) is 0.564. The summed E-state index contributed by atoms with van der Waals surface area (Å²) in [6.07, 6.45) is 0. The molecule has 0 aromatic carbocycles. The second-order valence-electron chi connectivity index (χ2n) is 2.25. The Morgan fingerprint density at radius 1 is 1.58 bits per heavy atom. The third-order valence-corrected chi connectivity index (χ3v) is 1.92. The zero-order valence-corrected chi connectivity index (χ0v) is 7.78. The average molecular weight is 205 g/mol. The third-order valence-electron chi connectivity index (χ3n) is 1.32. The van der Waals surface area contributed by atoms with E-state index in [1.165, 1.54) is 13.0 Å². The average Bonchev–Trinajstić information content (AvgIpc) is 1.99. The van der Waals surface area contributed by atoms with Crippen molar-refractivity contribution in [1.29, 1.82) is 0 Å². The predicted octanol–water partition coefficient (Wildman–Crippen LogP) is 2.17. The molecule has 0 fully saturated rings. The maximum atomic E-state index is 10.8. The van der Waals surface area contributed by atoms with Crippen molar-refractivity contribution in [2.75, 3.05) is 5.73 Å². The number of nitrogens with zero attached hydrogens (tertiary/aromatic N) is 1. The van der Waals surface area contributed by atoms with Crippen LogP contribution in [0.15, 0.2) is 6.07 Å². The van der Waals surface area contributed by atoms with Gasteiger partial charge in [0.2, 0.25) is 0 Å². The maximum Gasteiger partial charge on any atom is 0.178 e. The fourth-order valence-electron chi connectivity index (χ4n) is 0.675. The molecule has 1 aromatic heterocycles. The molecule has 0 unspecified atom stereocenters. The summed E-state index contributed by atoms with van der Waals surface area (Å²) in [5, 5.41) is 0.313. The van der Waals surface area contributed by atoms with Crippen molar-refractivity contribution in [2.45, 2.75) is 6.92 Å². The van der Waals surface area contributed by atoms with Crippen LogP contribution in [0.5, 0.6) is 0 Å². The largest absolute Gasteiger partial charge is 0.395 e. The molecule has 0 amide bonds. The van der Waals surface area contributed by atoms with E-state index in [9.17, 15) is 4.79 Å². The molecule has 0 radical (unpaired) electrons. The molecule has 1 aromatic rings. The summed E-state index contributed by atoms with van der Waals surface area (Å²) >= 11 is 11.3. The molecule has 0 spiro atoms. The lowest BCUT2D eigenvalue weighted by Gasteiger charge is -2.01. The van der Waals surface area contributed by atoms with Gasteiger partial charge in [0.15, 0.2) is 10.9 Å². The lowest BCUT2D eigenvalue weighted by atomic mass is 10.2. The number of rotatable bonds is 1. The Balaban J connectivity index is 3.31. The Morgan fingerprint density at radius 2 is 2.17 bits per heavy atom. The molecule has 5 heteroatoms. The predicted molar refractivity (Wildman–Crippen MR) is 48.7 cm³/mol. The van der Waals surface area contributed by atoms with Gasteiger partial charge in [-0.2, -0.15) is 0 Å². The molecular weight excluding hydrogens is 199 g/mol. The fraction of sp³-hybridized carbons (Fsp3) is 0.143. The number of carbonyl (C=O) groups excluding carboxylic acids is 1. The Bertz CT molecular complexity index is 315. The molecule has 0 saturated carbocycles. The van der Waals surface area contributed by atoms with Gasteiger partial charge in [0.25, 0.3) is 0 Å². The number of nitrogen functional groups attached to an aromatic ring is 1. The molecule has 1 heterocycles. The number of anilines is 1. The first-order valence-electron chi connectivity index (χ1n) is 3.15. The first-order chi connectivity index (χ1) is 5.52. The van der Waals surface area contributed by atoms with Gasteiger partial charge in [0.1, 0.15) is 5.69 Å². The van der Waals surface area contributed by atoms with Gasteiger partial charge in [-0.3, -0.25) is 4.79 Å². The van der Waals surface area contributed by atoms with Gasteiger partial charge in [0, 0.05) is 6.92 Å². The number of carbonyl (C=O) groups is 1. The van der Waals surface area contributed by atoms with Gasteiger partial charge < -0.3 is 5.73 Å². The minimum Gasteiger partial charge on any atom is -0.395 e. The fourth-order valence-corrected chi connectivity index (χ4v) is 1.11. The van der Waals surface area contributed by atoms with Crippen LogP contribution in [0.25, 0.3) is 0 Å². The zero-order chi connectivity index (χ0) is 9.30. The monoisotopic (exact) mass is 204 g/mol. The van der Waals surface area contributed by atoms with Crippen LogP contribution in [0.2, 0.25) is 10.2 Å². The summed E-state index contributed by atoms with van der Waals surface area (Å²) in [6, 6.07) is 1.39. The lowest BCUT2D eigenvalue weighted by molar-refractivity contribution is 0.101. The van der Waals surface area contributed by atoms with Crippen LogP contribution < -0.4 is 5.73 Å². The molecule has 0 bridgehead atoms. The van der Waals surface area contributed by atoms with Crippen molar-refractivity contribution in [3.8, 4) is 0 Å². The van der Waals surface area contributed by atoms with Crippen molar-refractivity contribution < 1.29 is 4.79 Å². The van der Waals surface area contributed by atoms with Crippen molar-refractivity contribution in [3.05, 3.63) is 21.9 Å². The first kappa shape index (κ1) is 9.29. The molecule has 0 atom stereocenters. The van der Waals surface area contributed by atoms with Crippen molar-refractivity contribution in [3.63, 3.8) is 0 Å². The standard InChI is InChI=1S/C7H6Cl2N2O/c1-3(12)5-2-4(8)6(10)7(9)11-5/h2H,10H2,1H3. The van der Waals surface area contributed by atoms with Gasteiger partial charge in [-0.05, 0) is 6.07 Å². The summed E-state index contributed by atoms with van der Waals surface area (Å²) in [5.41, 5.74) is 5.83. The van der Waals surface area contributed by atoms with E-state index in [0.717, 1.165) is 0 Å². The van der Waals surface area contributed by atoms with Crippen LogP contribution >= 0.6 is 23.2 Å². The lowest BCUT2D eigenvalue weighted by Crippen LogP contribution is -2.00. The van der Waals surface area contributed by atoms with Gasteiger partial charge >= 0.3 is 0 Å². The number of Topliss-reactive ketones (excluding diaryl/α,β-unsaturated/α-hetero) is 1. The van der Waals surface area contributed by atoms with Crippen LogP contribution in [-0.2, 0) is 0 Å². The number of nitrogens with two attached hydrogens (primary N) is 1. The number of pyridine rings is 1. The van der Waals surface area contributed by atoms with Crippen molar-refractivity contribution in [2.24, 2.45) is 0 Å². The SMILES string of the molecule is CC(=O)c1cc(Cl)c(N)c(Cl)n1. The highest BCUT2D eigenvalue weighted by Gasteiger charge is 2.08. The number of ketones is 1. The Kier molecular flexibility index (Phi) is 2.55. The summed E-state index contributed by atoms with van der Waals surface area (Å²) in [4.78, 5) is 14.6. The second kappa shape index (κ2) is 3.29. The smallest absolute Gasteiger partial charge is 0.178 e. The molecule has 0 aliphatic heterocycles. The van der Waals surface area contributed by atoms with E-state index in [-0.39, 0.29) is 27.3 Å². The molecule has 12 heavy (non-hydrogen) atoms. The molecule has 0 aliphatic carbocycles. The van der Waals surface area contributed by atoms with Crippen LogP contribution in [0.1, 0.15) is 17.4 Å². The first-order valence-corrected chi connectivity index (χ1v) is 3.90. The second-order valence-corrected chi connectivity index (χ2v) is 3.02. The van der Waals surface area contributed by atoms with E-state index in [4.69, 9.17) is 28.9 Å². The molecule has 1 rings (SSSR count). The Labute approximate surface area is 79.5 Å². The van der Waals surface area contributed by atoms with Gasteiger partial charge in [-0.15, -0.1) is 0 Å². The van der Waals surface area contributed by atoms with Crippen LogP contribution in [0, 0.1) is 0 Å². The van der Waals surface area contributed by atoms with Gasteiger partial charge in [-0.25, -0.2) is 4.98 Å². The van der Waals surface area contributed by atoms with E-state index in [1.54, 1.807) is 0 Å². The third kappa shape index (κ3) is 1.68. The molecule has 0 aliphatic rings. The Morgan fingerprint density at radius 3 is 2.58 bits per heavy atom. The number of hydrogen-bond acceptors (Lipinski definition) is 3. The van der Waals surface area contributed by atoms with Crippen LogP contribution in [0.4, 0.5) is 5.69 Å². The molecule has 2 N–H and O–H groups in total. The van der Waals surface area contributed by atoms with Crippen molar-refractivity contribution in [1.82, 2.24) is 4.98 Å². The van der Waals surface area contributed by atoms with E-state index >= 15 is 0 Å². The topological polar surface area (TPSA) is 56.0 Å².